The molecule has 0 atom stereocenters. The molecule has 1 fully saturated rings. The van der Waals surface area contributed by atoms with Crippen LogP contribution in [0, 0.1) is 6.92 Å². The maximum Gasteiger partial charge on any atom is 0.259 e. The molecule has 1 amide bonds. The first kappa shape index (κ1) is 21.1. The van der Waals surface area contributed by atoms with Gasteiger partial charge in [0.25, 0.3) is 5.91 Å². The van der Waals surface area contributed by atoms with Crippen LogP contribution in [-0.2, 0) is 10.0 Å². The summed E-state index contributed by atoms with van der Waals surface area (Å²) in [5.41, 5.74) is 1.75. The third-order valence-corrected chi connectivity index (χ3v) is 7.39. The van der Waals surface area contributed by atoms with Crippen LogP contribution < -0.4 is 5.32 Å². The zero-order chi connectivity index (χ0) is 21.8. The molecule has 0 saturated carbocycles. The Bertz CT molecular complexity index is 1160. The second-order valence-corrected chi connectivity index (χ2v) is 9.48. The number of sulfonamides is 1. The van der Waals surface area contributed by atoms with Gasteiger partial charge in [-0.1, -0.05) is 36.4 Å². The highest BCUT2D eigenvalue weighted by atomic mass is 32.2. The van der Waals surface area contributed by atoms with Gasteiger partial charge >= 0.3 is 0 Å². The zero-order valence-electron chi connectivity index (χ0n) is 17.2. The maximum atomic E-state index is 12.8. The van der Waals surface area contributed by atoms with Gasteiger partial charge in [-0.3, -0.25) is 4.79 Å². The zero-order valence-corrected chi connectivity index (χ0v) is 18.0. The van der Waals surface area contributed by atoms with Crippen LogP contribution >= 0.6 is 0 Å². The summed E-state index contributed by atoms with van der Waals surface area (Å²) in [5.74, 6) is 0.469. The third-order valence-electron chi connectivity index (χ3n) is 5.47. The molecule has 2 heterocycles. The Morgan fingerprint density at radius 3 is 2.23 bits per heavy atom. The molecule has 1 aliphatic rings. The van der Waals surface area contributed by atoms with Crippen molar-refractivity contribution in [2.75, 3.05) is 18.4 Å². The molecule has 31 heavy (non-hydrogen) atoms. The number of para-hydroxylation sites is 1. The normalized spacial score (nSPS) is 15.5. The van der Waals surface area contributed by atoms with Crippen LogP contribution in [0.5, 0.6) is 0 Å². The Morgan fingerprint density at radius 2 is 1.61 bits per heavy atom. The lowest BCUT2D eigenvalue weighted by atomic mass is 9.97. The molecule has 2 aromatic carbocycles. The van der Waals surface area contributed by atoms with Crippen molar-refractivity contribution in [2.45, 2.75) is 30.6 Å². The maximum absolute atomic E-state index is 12.8. The first-order valence-electron chi connectivity index (χ1n) is 10.2. The number of hydrogen-bond donors (Lipinski definition) is 1. The van der Waals surface area contributed by atoms with Crippen LogP contribution in [0.3, 0.4) is 0 Å². The van der Waals surface area contributed by atoms with Crippen LogP contribution in [0.2, 0.25) is 0 Å². The standard InChI is InChI=1S/C23H24N4O3S/c1-17-21(23(28)26-19-8-4-2-5-9-19)16-24-22(25-17)18-12-14-27(15-13-18)31(29,30)20-10-6-3-7-11-20/h2-11,16,18H,12-15H2,1H3,(H,26,28). The second kappa shape index (κ2) is 8.95. The van der Waals surface area contributed by atoms with E-state index in [1.54, 1.807) is 43.5 Å². The van der Waals surface area contributed by atoms with E-state index in [1.807, 2.05) is 30.3 Å². The molecule has 1 saturated heterocycles. The van der Waals surface area contributed by atoms with Gasteiger partial charge in [-0.2, -0.15) is 4.31 Å². The Labute approximate surface area is 182 Å². The van der Waals surface area contributed by atoms with Gasteiger partial charge in [-0.25, -0.2) is 18.4 Å². The number of piperidine rings is 1. The van der Waals surface area contributed by atoms with E-state index in [0.29, 0.717) is 53.6 Å². The summed E-state index contributed by atoms with van der Waals surface area (Å²) in [6.07, 6.45) is 2.84. The summed E-state index contributed by atoms with van der Waals surface area (Å²) in [6.45, 7) is 2.63. The van der Waals surface area contributed by atoms with Crippen LogP contribution in [0.4, 0.5) is 5.69 Å². The highest BCUT2D eigenvalue weighted by Crippen LogP contribution is 2.29. The van der Waals surface area contributed by atoms with Crippen molar-refractivity contribution < 1.29 is 13.2 Å². The minimum atomic E-state index is -3.48. The Morgan fingerprint density at radius 1 is 1.00 bits per heavy atom. The first-order valence-corrected chi connectivity index (χ1v) is 11.6. The average Bonchev–Trinajstić information content (AvgIpc) is 2.80. The van der Waals surface area contributed by atoms with Gasteiger partial charge in [0, 0.05) is 30.9 Å². The van der Waals surface area contributed by atoms with Crippen molar-refractivity contribution >= 4 is 21.6 Å². The van der Waals surface area contributed by atoms with Crippen molar-refractivity contribution in [1.29, 1.82) is 0 Å². The van der Waals surface area contributed by atoms with E-state index in [-0.39, 0.29) is 11.8 Å². The number of aryl methyl sites for hydroxylation is 1. The lowest BCUT2D eigenvalue weighted by molar-refractivity contribution is 0.102. The summed E-state index contributed by atoms with van der Waals surface area (Å²) in [4.78, 5) is 21.9. The minimum absolute atomic E-state index is 0.0622. The number of aromatic nitrogens is 2. The highest BCUT2D eigenvalue weighted by molar-refractivity contribution is 7.89. The summed E-state index contributed by atoms with van der Waals surface area (Å²) in [5, 5.41) is 2.84. The molecule has 0 spiro atoms. The van der Waals surface area contributed by atoms with Gasteiger partial charge in [0.2, 0.25) is 10.0 Å². The van der Waals surface area contributed by atoms with E-state index in [0.717, 1.165) is 0 Å². The molecular formula is C23H24N4O3S. The van der Waals surface area contributed by atoms with Crippen molar-refractivity contribution in [1.82, 2.24) is 14.3 Å². The molecule has 1 N–H and O–H groups in total. The number of anilines is 1. The molecule has 8 heteroatoms. The number of carbonyl (C=O) groups is 1. The molecular weight excluding hydrogens is 412 g/mol. The van der Waals surface area contributed by atoms with Crippen molar-refractivity contribution in [3.63, 3.8) is 0 Å². The summed E-state index contributed by atoms with van der Waals surface area (Å²) in [7, 11) is -3.48. The quantitative estimate of drug-likeness (QED) is 0.660. The fourth-order valence-corrected chi connectivity index (χ4v) is 5.21. The molecule has 1 aliphatic heterocycles. The van der Waals surface area contributed by atoms with Crippen molar-refractivity contribution in [2.24, 2.45) is 0 Å². The van der Waals surface area contributed by atoms with Gasteiger partial charge in [-0.05, 0) is 44.0 Å². The van der Waals surface area contributed by atoms with Crippen molar-refractivity contribution in [3.8, 4) is 0 Å². The summed E-state index contributed by atoms with van der Waals surface area (Å²) >= 11 is 0. The number of nitrogens with zero attached hydrogens (tertiary/aromatic N) is 3. The van der Waals surface area contributed by atoms with Crippen LogP contribution in [0.1, 0.15) is 40.6 Å². The Hall–Kier alpha value is -3.10. The highest BCUT2D eigenvalue weighted by Gasteiger charge is 2.31. The molecule has 0 radical (unpaired) electrons. The third kappa shape index (κ3) is 4.65. The fourth-order valence-electron chi connectivity index (χ4n) is 3.72. The van der Waals surface area contributed by atoms with E-state index < -0.39 is 10.0 Å². The fraction of sp³-hybridized carbons (Fsp3) is 0.261. The molecule has 0 bridgehead atoms. The lowest BCUT2D eigenvalue weighted by Crippen LogP contribution is -2.38. The van der Waals surface area contributed by atoms with Gasteiger partial charge < -0.3 is 5.32 Å². The van der Waals surface area contributed by atoms with E-state index in [4.69, 9.17) is 0 Å². The predicted molar refractivity (Wildman–Crippen MR) is 118 cm³/mol. The largest absolute Gasteiger partial charge is 0.322 e. The molecule has 3 aromatic rings. The number of rotatable bonds is 5. The number of benzene rings is 2. The van der Waals surface area contributed by atoms with Gasteiger partial charge in [0.05, 0.1) is 16.2 Å². The number of hydrogen-bond acceptors (Lipinski definition) is 5. The Balaban J connectivity index is 1.42. The second-order valence-electron chi connectivity index (χ2n) is 7.54. The Kier molecular flexibility index (Phi) is 6.11. The van der Waals surface area contributed by atoms with E-state index >= 15 is 0 Å². The van der Waals surface area contributed by atoms with Gasteiger partial charge in [-0.15, -0.1) is 0 Å². The van der Waals surface area contributed by atoms with E-state index in [1.165, 1.54) is 4.31 Å². The number of carbonyl (C=O) groups excluding carboxylic acids is 1. The predicted octanol–water partition coefficient (Wildman–Crippen LogP) is 3.61. The van der Waals surface area contributed by atoms with Crippen LogP contribution in [0.25, 0.3) is 0 Å². The molecule has 7 nitrogen and oxygen atoms in total. The minimum Gasteiger partial charge on any atom is -0.322 e. The summed E-state index contributed by atoms with van der Waals surface area (Å²) < 4.78 is 27.1. The van der Waals surface area contributed by atoms with Gasteiger partial charge in [0.1, 0.15) is 5.82 Å². The van der Waals surface area contributed by atoms with Crippen LogP contribution in [0.15, 0.2) is 71.8 Å². The lowest BCUT2D eigenvalue weighted by Gasteiger charge is -2.30. The van der Waals surface area contributed by atoms with E-state index in [2.05, 4.69) is 15.3 Å². The topological polar surface area (TPSA) is 92.3 Å². The summed E-state index contributed by atoms with van der Waals surface area (Å²) in [6, 6.07) is 17.7. The molecule has 4 rings (SSSR count). The molecule has 0 unspecified atom stereocenters. The molecule has 0 aliphatic carbocycles. The molecule has 1 aromatic heterocycles. The molecule has 160 valence electrons. The SMILES string of the molecule is Cc1nc(C2CCN(S(=O)(=O)c3ccccc3)CC2)ncc1C(=O)Nc1ccccc1. The van der Waals surface area contributed by atoms with Crippen LogP contribution in [-0.4, -0.2) is 41.7 Å². The average molecular weight is 437 g/mol. The van der Waals surface area contributed by atoms with Crippen molar-refractivity contribution in [3.05, 3.63) is 83.9 Å². The van der Waals surface area contributed by atoms with E-state index in [9.17, 15) is 13.2 Å². The smallest absolute Gasteiger partial charge is 0.259 e. The first-order chi connectivity index (χ1) is 14.9. The monoisotopic (exact) mass is 436 g/mol. The number of amides is 1. The number of nitrogens with one attached hydrogen (secondary N) is 1. The van der Waals surface area contributed by atoms with Gasteiger partial charge in [0.15, 0.2) is 0 Å².